The molecule has 4 atom stereocenters. The first-order valence-corrected chi connectivity index (χ1v) is 9.40. The molecule has 0 spiro atoms. The van der Waals surface area contributed by atoms with Gasteiger partial charge < -0.3 is 20.3 Å². The van der Waals surface area contributed by atoms with E-state index in [4.69, 9.17) is 4.74 Å². The van der Waals surface area contributed by atoms with E-state index < -0.39 is 5.60 Å². The van der Waals surface area contributed by atoms with Crippen molar-refractivity contribution in [2.45, 2.75) is 83.0 Å². The third-order valence-corrected chi connectivity index (χ3v) is 5.47. The van der Waals surface area contributed by atoms with E-state index in [9.17, 15) is 4.79 Å². The van der Waals surface area contributed by atoms with Crippen molar-refractivity contribution in [1.29, 1.82) is 0 Å². The van der Waals surface area contributed by atoms with Gasteiger partial charge in [-0.2, -0.15) is 0 Å². The molecule has 0 bridgehead atoms. The van der Waals surface area contributed by atoms with Crippen LogP contribution in [0.3, 0.4) is 0 Å². The number of nitrogens with one attached hydrogen (secondary N) is 2. The van der Waals surface area contributed by atoms with E-state index in [2.05, 4.69) is 10.6 Å². The van der Waals surface area contributed by atoms with Crippen LogP contribution in [0.15, 0.2) is 0 Å². The zero-order chi connectivity index (χ0) is 16.4. The molecule has 4 unspecified atom stereocenters. The first kappa shape index (κ1) is 17.0. The molecule has 0 radical (unpaired) electrons. The molecule has 0 aromatic rings. The Labute approximate surface area is 140 Å². The number of rotatable bonds is 3. The Morgan fingerprint density at radius 3 is 2.70 bits per heavy atom. The highest BCUT2D eigenvalue weighted by Gasteiger charge is 2.37. The number of ether oxygens (including phenoxy) is 1. The molecule has 5 heteroatoms. The molecule has 3 fully saturated rings. The minimum Gasteiger partial charge on any atom is -0.444 e. The van der Waals surface area contributed by atoms with Crippen molar-refractivity contribution in [3.63, 3.8) is 0 Å². The van der Waals surface area contributed by atoms with Crippen molar-refractivity contribution in [2.75, 3.05) is 19.6 Å². The minimum absolute atomic E-state index is 0.165. The summed E-state index contributed by atoms with van der Waals surface area (Å²) in [4.78, 5) is 14.0. The summed E-state index contributed by atoms with van der Waals surface area (Å²) < 4.78 is 5.49. The van der Waals surface area contributed by atoms with Gasteiger partial charge in [0, 0.05) is 31.2 Å². The fraction of sp³-hybridized carbons (Fsp3) is 0.944. The first-order chi connectivity index (χ1) is 10.9. The average Bonchev–Trinajstić information content (AvgIpc) is 3.17. The number of carbonyl (C=O) groups excluding carboxylic acids is 1. The lowest BCUT2D eigenvalue weighted by atomic mass is 9.92. The summed E-state index contributed by atoms with van der Waals surface area (Å²) in [5.41, 5.74) is -0.409. The van der Waals surface area contributed by atoms with Gasteiger partial charge in [0.15, 0.2) is 0 Å². The standard InChI is InChI=1S/C18H33N3O2/c1-18(2,3)23-17(22)21-11-9-13(12-21)20-16-7-4-6-14(16)15-8-5-10-19-15/h13-16,19-20H,4-12H2,1-3H3. The normalized spacial score (nSPS) is 35.0. The molecule has 1 aliphatic carbocycles. The van der Waals surface area contributed by atoms with Crippen LogP contribution in [-0.4, -0.2) is 54.4 Å². The van der Waals surface area contributed by atoms with E-state index in [0.29, 0.717) is 18.1 Å². The van der Waals surface area contributed by atoms with Gasteiger partial charge >= 0.3 is 6.09 Å². The first-order valence-electron chi connectivity index (χ1n) is 9.40. The average molecular weight is 323 g/mol. The van der Waals surface area contributed by atoms with Crippen molar-refractivity contribution in [3.05, 3.63) is 0 Å². The van der Waals surface area contributed by atoms with E-state index in [0.717, 1.165) is 25.4 Å². The lowest BCUT2D eigenvalue weighted by Gasteiger charge is -2.29. The molecule has 132 valence electrons. The minimum atomic E-state index is -0.409. The predicted octanol–water partition coefficient (Wildman–Crippen LogP) is 2.51. The van der Waals surface area contributed by atoms with Gasteiger partial charge in [0.2, 0.25) is 0 Å². The summed E-state index contributed by atoms with van der Waals surface area (Å²) in [7, 11) is 0. The SMILES string of the molecule is CC(C)(C)OC(=O)N1CCC(NC2CCCC2C2CCCN2)C1. The number of amides is 1. The van der Waals surface area contributed by atoms with Crippen LogP contribution in [0.5, 0.6) is 0 Å². The van der Waals surface area contributed by atoms with Crippen molar-refractivity contribution < 1.29 is 9.53 Å². The van der Waals surface area contributed by atoms with Gasteiger partial charge in [-0.3, -0.25) is 0 Å². The summed E-state index contributed by atoms with van der Waals surface area (Å²) in [6.07, 6.45) is 7.50. The third-order valence-electron chi connectivity index (χ3n) is 5.47. The maximum absolute atomic E-state index is 12.2. The van der Waals surface area contributed by atoms with Crippen LogP contribution in [0.1, 0.15) is 59.3 Å². The Balaban J connectivity index is 1.48. The molecule has 5 nitrogen and oxygen atoms in total. The Morgan fingerprint density at radius 2 is 2.00 bits per heavy atom. The van der Waals surface area contributed by atoms with Crippen molar-refractivity contribution >= 4 is 6.09 Å². The monoisotopic (exact) mass is 323 g/mol. The summed E-state index contributed by atoms with van der Waals surface area (Å²) in [5.74, 6) is 0.771. The van der Waals surface area contributed by atoms with E-state index in [-0.39, 0.29) is 6.09 Å². The smallest absolute Gasteiger partial charge is 0.410 e. The molecule has 0 aromatic heterocycles. The number of hydrogen-bond donors (Lipinski definition) is 2. The molecule has 2 N–H and O–H groups in total. The predicted molar refractivity (Wildman–Crippen MR) is 91.5 cm³/mol. The molecular weight excluding hydrogens is 290 g/mol. The number of likely N-dealkylation sites (tertiary alicyclic amines) is 1. The summed E-state index contributed by atoms with van der Waals surface area (Å²) in [6, 6.07) is 1.75. The number of carbonyl (C=O) groups is 1. The highest BCUT2D eigenvalue weighted by atomic mass is 16.6. The fourth-order valence-corrected chi connectivity index (χ4v) is 4.45. The molecule has 0 aromatic carbocycles. The molecule has 3 aliphatic rings. The van der Waals surface area contributed by atoms with Crippen LogP contribution in [0.4, 0.5) is 4.79 Å². The van der Waals surface area contributed by atoms with E-state index >= 15 is 0 Å². The zero-order valence-electron chi connectivity index (χ0n) is 14.9. The van der Waals surface area contributed by atoms with Crippen molar-refractivity contribution in [2.24, 2.45) is 5.92 Å². The maximum Gasteiger partial charge on any atom is 0.410 e. The Kier molecular flexibility index (Phi) is 5.16. The molecule has 23 heavy (non-hydrogen) atoms. The third kappa shape index (κ3) is 4.38. The zero-order valence-corrected chi connectivity index (χ0v) is 14.9. The number of hydrogen-bond acceptors (Lipinski definition) is 4. The van der Waals surface area contributed by atoms with Gasteiger partial charge in [-0.15, -0.1) is 0 Å². The Hall–Kier alpha value is -0.810. The van der Waals surface area contributed by atoms with Gasteiger partial charge in [0.1, 0.15) is 5.60 Å². The maximum atomic E-state index is 12.2. The molecule has 3 rings (SSSR count). The van der Waals surface area contributed by atoms with E-state index in [1.807, 2.05) is 25.7 Å². The van der Waals surface area contributed by atoms with Crippen LogP contribution in [0, 0.1) is 5.92 Å². The van der Waals surface area contributed by atoms with Crippen LogP contribution in [-0.2, 0) is 4.74 Å². The van der Waals surface area contributed by atoms with Crippen LogP contribution in [0.25, 0.3) is 0 Å². The van der Waals surface area contributed by atoms with Crippen molar-refractivity contribution in [1.82, 2.24) is 15.5 Å². The van der Waals surface area contributed by atoms with E-state index in [1.165, 1.54) is 38.6 Å². The van der Waals surface area contributed by atoms with Crippen LogP contribution in [0.2, 0.25) is 0 Å². The summed E-state index contributed by atoms with van der Waals surface area (Å²) in [5, 5.41) is 7.54. The van der Waals surface area contributed by atoms with Gasteiger partial charge in [-0.05, 0) is 65.3 Å². The van der Waals surface area contributed by atoms with Crippen molar-refractivity contribution in [3.8, 4) is 0 Å². The number of nitrogens with zero attached hydrogens (tertiary/aromatic N) is 1. The second-order valence-corrected chi connectivity index (χ2v) is 8.48. The highest BCUT2D eigenvalue weighted by Crippen LogP contribution is 2.32. The van der Waals surface area contributed by atoms with E-state index in [1.54, 1.807) is 0 Å². The molecule has 2 heterocycles. The Morgan fingerprint density at radius 1 is 1.17 bits per heavy atom. The topological polar surface area (TPSA) is 53.6 Å². The molecule has 2 aliphatic heterocycles. The van der Waals surface area contributed by atoms with Gasteiger partial charge in [0.05, 0.1) is 0 Å². The second-order valence-electron chi connectivity index (χ2n) is 8.48. The molecule has 2 saturated heterocycles. The molecule has 1 saturated carbocycles. The van der Waals surface area contributed by atoms with Gasteiger partial charge in [0.25, 0.3) is 0 Å². The lowest BCUT2D eigenvalue weighted by molar-refractivity contribution is 0.0290. The molecular formula is C18H33N3O2. The summed E-state index contributed by atoms with van der Waals surface area (Å²) >= 11 is 0. The highest BCUT2D eigenvalue weighted by molar-refractivity contribution is 5.68. The van der Waals surface area contributed by atoms with Crippen LogP contribution >= 0.6 is 0 Å². The Bertz CT molecular complexity index is 415. The summed E-state index contributed by atoms with van der Waals surface area (Å²) in [6.45, 7) is 8.56. The quantitative estimate of drug-likeness (QED) is 0.838. The largest absolute Gasteiger partial charge is 0.444 e. The second kappa shape index (κ2) is 6.98. The lowest BCUT2D eigenvalue weighted by Crippen LogP contribution is -2.47. The van der Waals surface area contributed by atoms with Gasteiger partial charge in [-0.1, -0.05) is 6.42 Å². The van der Waals surface area contributed by atoms with Crippen LogP contribution < -0.4 is 10.6 Å². The van der Waals surface area contributed by atoms with Gasteiger partial charge in [-0.25, -0.2) is 4.79 Å². The fourth-order valence-electron chi connectivity index (χ4n) is 4.45. The molecule has 1 amide bonds.